The van der Waals surface area contributed by atoms with Crippen LogP contribution in [0.3, 0.4) is 0 Å². The Kier molecular flexibility index (Phi) is 5.46. The average Bonchev–Trinajstić information content (AvgIpc) is 2.34. The molecule has 8 nitrogen and oxygen atoms in total. The highest BCUT2D eigenvalue weighted by Crippen LogP contribution is 2.17. The Labute approximate surface area is 119 Å². The molecule has 0 aromatic carbocycles. The first-order chi connectivity index (χ1) is 9.23. The lowest BCUT2D eigenvalue weighted by Gasteiger charge is -2.25. The summed E-state index contributed by atoms with van der Waals surface area (Å²) in [6, 6.07) is 0. The molecule has 0 saturated heterocycles. The molecule has 0 aliphatic carbocycles. The van der Waals surface area contributed by atoms with Crippen molar-refractivity contribution in [1.82, 2.24) is 15.0 Å². The van der Waals surface area contributed by atoms with Crippen LogP contribution in [0.4, 0.5) is 17.8 Å². The van der Waals surface area contributed by atoms with E-state index in [9.17, 15) is 5.11 Å². The number of nitrogens with zero attached hydrogens (tertiary/aromatic N) is 4. The largest absolute Gasteiger partial charge is 0.388 e. The van der Waals surface area contributed by atoms with Crippen LogP contribution in [0.2, 0.25) is 0 Å². The zero-order valence-corrected chi connectivity index (χ0v) is 12.8. The Morgan fingerprint density at radius 1 is 1.25 bits per heavy atom. The molecule has 20 heavy (non-hydrogen) atoms. The van der Waals surface area contributed by atoms with E-state index in [0.717, 1.165) is 0 Å². The van der Waals surface area contributed by atoms with Gasteiger partial charge < -0.3 is 15.3 Å². The fourth-order valence-electron chi connectivity index (χ4n) is 1.93. The van der Waals surface area contributed by atoms with Gasteiger partial charge in [-0.05, 0) is 19.3 Å². The van der Waals surface area contributed by atoms with E-state index < -0.39 is 5.60 Å². The lowest BCUT2D eigenvalue weighted by molar-refractivity contribution is 0.0514. The summed E-state index contributed by atoms with van der Waals surface area (Å²) in [5.41, 5.74) is 1.58. The zero-order valence-electron chi connectivity index (χ0n) is 12.8. The van der Waals surface area contributed by atoms with Gasteiger partial charge in [0.1, 0.15) is 0 Å². The number of nitrogens with one attached hydrogen (secondary N) is 2. The van der Waals surface area contributed by atoms with Gasteiger partial charge in [-0.2, -0.15) is 15.0 Å². The standard InChI is InChI=1S/C12H25N7O/c1-8(2)6-12(3,20)7-14-9-15-10(18-13)17-11(16-9)19(4)5/h8,20H,6-7,13H2,1-5H3,(H2,14,15,16,17,18). The van der Waals surface area contributed by atoms with E-state index in [1.807, 2.05) is 14.1 Å². The molecule has 1 aromatic heterocycles. The van der Waals surface area contributed by atoms with Crippen LogP contribution in [0, 0.1) is 5.92 Å². The fourth-order valence-corrected chi connectivity index (χ4v) is 1.93. The van der Waals surface area contributed by atoms with E-state index >= 15 is 0 Å². The summed E-state index contributed by atoms with van der Waals surface area (Å²) in [6.45, 7) is 6.28. The number of rotatable bonds is 7. The minimum absolute atomic E-state index is 0.273. The molecule has 0 aliphatic heterocycles. The maximum absolute atomic E-state index is 10.3. The Bertz CT molecular complexity index is 434. The molecule has 8 heteroatoms. The number of hydrogen-bond donors (Lipinski definition) is 4. The van der Waals surface area contributed by atoms with Crippen molar-refractivity contribution in [2.75, 3.05) is 36.3 Å². The number of nitrogen functional groups attached to an aromatic ring is 1. The molecule has 0 saturated carbocycles. The van der Waals surface area contributed by atoms with Crippen molar-refractivity contribution in [3.8, 4) is 0 Å². The third-order valence-corrected chi connectivity index (χ3v) is 2.63. The second kappa shape index (κ2) is 6.67. The number of aromatic nitrogens is 3. The third-order valence-electron chi connectivity index (χ3n) is 2.63. The summed E-state index contributed by atoms with van der Waals surface area (Å²) in [4.78, 5) is 14.2. The summed E-state index contributed by atoms with van der Waals surface area (Å²) < 4.78 is 0. The van der Waals surface area contributed by atoms with Gasteiger partial charge >= 0.3 is 0 Å². The minimum Gasteiger partial charge on any atom is -0.388 e. The van der Waals surface area contributed by atoms with Crippen molar-refractivity contribution in [2.45, 2.75) is 32.8 Å². The highest BCUT2D eigenvalue weighted by atomic mass is 16.3. The van der Waals surface area contributed by atoms with Gasteiger partial charge in [0.05, 0.1) is 5.60 Å². The zero-order chi connectivity index (χ0) is 15.3. The van der Waals surface area contributed by atoms with Crippen molar-refractivity contribution in [3.63, 3.8) is 0 Å². The normalized spacial score (nSPS) is 14.0. The molecule has 1 atom stereocenters. The highest BCUT2D eigenvalue weighted by Gasteiger charge is 2.22. The van der Waals surface area contributed by atoms with Gasteiger partial charge in [-0.1, -0.05) is 13.8 Å². The van der Waals surface area contributed by atoms with E-state index in [0.29, 0.717) is 30.8 Å². The van der Waals surface area contributed by atoms with Gasteiger partial charge in [0, 0.05) is 20.6 Å². The molecule has 114 valence electrons. The van der Waals surface area contributed by atoms with Crippen molar-refractivity contribution in [1.29, 1.82) is 0 Å². The lowest BCUT2D eigenvalue weighted by Crippen LogP contribution is -2.35. The first-order valence-electron chi connectivity index (χ1n) is 6.60. The quantitative estimate of drug-likeness (QED) is 0.421. The van der Waals surface area contributed by atoms with Gasteiger partial charge in [0.15, 0.2) is 0 Å². The van der Waals surface area contributed by atoms with Crippen LogP contribution >= 0.6 is 0 Å². The van der Waals surface area contributed by atoms with Crippen molar-refractivity contribution in [3.05, 3.63) is 0 Å². The van der Waals surface area contributed by atoms with Crippen LogP contribution in [-0.4, -0.2) is 46.3 Å². The molecule has 5 N–H and O–H groups in total. The number of aliphatic hydroxyl groups is 1. The number of hydrogen-bond acceptors (Lipinski definition) is 8. The fraction of sp³-hybridized carbons (Fsp3) is 0.750. The minimum atomic E-state index is -0.824. The second-order valence-corrected chi connectivity index (χ2v) is 5.77. The van der Waals surface area contributed by atoms with Gasteiger partial charge in [-0.25, -0.2) is 5.84 Å². The maximum Gasteiger partial charge on any atom is 0.243 e. The third kappa shape index (κ3) is 5.14. The molecular weight excluding hydrogens is 258 g/mol. The Morgan fingerprint density at radius 2 is 1.85 bits per heavy atom. The molecular formula is C12H25N7O. The molecule has 0 bridgehead atoms. The average molecular weight is 283 g/mol. The monoisotopic (exact) mass is 283 g/mol. The van der Waals surface area contributed by atoms with E-state index in [1.54, 1.807) is 11.8 Å². The van der Waals surface area contributed by atoms with E-state index in [2.05, 4.69) is 39.5 Å². The smallest absolute Gasteiger partial charge is 0.243 e. The number of nitrogens with two attached hydrogens (primary N) is 1. The van der Waals surface area contributed by atoms with E-state index in [4.69, 9.17) is 5.84 Å². The Hall–Kier alpha value is -1.67. The van der Waals surface area contributed by atoms with E-state index in [-0.39, 0.29) is 5.95 Å². The summed E-state index contributed by atoms with van der Waals surface area (Å²) in [7, 11) is 3.66. The predicted octanol–water partition coefficient (Wildman–Crippen LogP) is 0.432. The molecule has 0 fully saturated rings. The molecule has 1 aromatic rings. The molecule has 1 unspecified atom stereocenters. The Morgan fingerprint density at radius 3 is 2.35 bits per heavy atom. The number of anilines is 3. The van der Waals surface area contributed by atoms with Crippen LogP contribution in [0.5, 0.6) is 0 Å². The van der Waals surface area contributed by atoms with Crippen LogP contribution in [0.25, 0.3) is 0 Å². The highest BCUT2D eigenvalue weighted by molar-refractivity contribution is 5.42. The molecule has 1 heterocycles. The van der Waals surface area contributed by atoms with Crippen molar-refractivity contribution >= 4 is 17.8 Å². The van der Waals surface area contributed by atoms with Gasteiger partial charge in [-0.15, -0.1) is 0 Å². The topological polar surface area (TPSA) is 112 Å². The van der Waals surface area contributed by atoms with Gasteiger partial charge in [0.25, 0.3) is 0 Å². The summed E-state index contributed by atoms with van der Waals surface area (Å²) >= 11 is 0. The maximum atomic E-state index is 10.3. The lowest BCUT2D eigenvalue weighted by atomic mass is 9.94. The van der Waals surface area contributed by atoms with Gasteiger partial charge in [0.2, 0.25) is 17.8 Å². The van der Waals surface area contributed by atoms with Crippen LogP contribution < -0.4 is 21.5 Å². The van der Waals surface area contributed by atoms with Crippen LogP contribution in [-0.2, 0) is 0 Å². The molecule has 0 radical (unpaired) electrons. The van der Waals surface area contributed by atoms with Gasteiger partial charge in [-0.3, -0.25) is 5.43 Å². The predicted molar refractivity (Wildman–Crippen MR) is 80.5 cm³/mol. The van der Waals surface area contributed by atoms with Crippen molar-refractivity contribution < 1.29 is 5.11 Å². The van der Waals surface area contributed by atoms with E-state index in [1.165, 1.54) is 0 Å². The first kappa shape index (κ1) is 16.4. The molecule has 0 amide bonds. The summed E-state index contributed by atoms with van der Waals surface area (Å²) in [5, 5.41) is 13.3. The Balaban J connectivity index is 2.79. The summed E-state index contributed by atoms with van der Waals surface area (Å²) in [5.74, 6) is 6.88. The van der Waals surface area contributed by atoms with Crippen LogP contribution in [0.1, 0.15) is 27.2 Å². The second-order valence-electron chi connectivity index (χ2n) is 5.77. The number of hydrazine groups is 1. The molecule has 1 rings (SSSR count). The summed E-state index contributed by atoms with van der Waals surface area (Å²) in [6.07, 6.45) is 0.688. The molecule has 0 aliphatic rings. The van der Waals surface area contributed by atoms with Crippen molar-refractivity contribution in [2.24, 2.45) is 11.8 Å². The molecule has 0 spiro atoms. The SMILES string of the molecule is CC(C)CC(C)(O)CNc1nc(NN)nc(N(C)C)n1. The first-order valence-corrected chi connectivity index (χ1v) is 6.60. The van der Waals surface area contributed by atoms with Crippen LogP contribution in [0.15, 0.2) is 0 Å².